The van der Waals surface area contributed by atoms with Crippen molar-refractivity contribution < 1.29 is 9.13 Å². The molecule has 1 saturated heterocycles. The first kappa shape index (κ1) is 11.6. The van der Waals surface area contributed by atoms with Crippen molar-refractivity contribution in [2.45, 2.75) is 32.4 Å². The Balaban J connectivity index is 2.05. The maximum absolute atomic E-state index is 13.4. The highest BCUT2D eigenvalue weighted by Gasteiger charge is 2.21. The van der Waals surface area contributed by atoms with Gasteiger partial charge in [-0.25, -0.2) is 4.39 Å². The van der Waals surface area contributed by atoms with Gasteiger partial charge in [-0.05, 0) is 30.5 Å². The molecule has 1 aromatic carbocycles. The average molecular weight is 223 g/mol. The molecule has 0 spiro atoms. The highest BCUT2D eigenvalue weighted by molar-refractivity contribution is 5.25. The fourth-order valence-corrected chi connectivity index (χ4v) is 1.91. The van der Waals surface area contributed by atoms with Crippen molar-refractivity contribution in [3.05, 3.63) is 35.1 Å². The molecule has 0 aliphatic carbocycles. The first-order chi connectivity index (χ1) is 7.70. The molecule has 1 fully saturated rings. The third kappa shape index (κ3) is 2.42. The summed E-state index contributed by atoms with van der Waals surface area (Å²) in [4.78, 5) is 0. The summed E-state index contributed by atoms with van der Waals surface area (Å²) in [5, 5.41) is 3.40. The number of benzene rings is 1. The number of aryl methyl sites for hydroxylation is 1. The van der Waals surface area contributed by atoms with E-state index in [-0.39, 0.29) is 11.9 Å². The van der Waals surface area contributed by atoms with Crippen LogP contribution in [0.3, 0.4) is 0 Å². The third-order valence-electron chi connectivity index (χ3n) is 3.15. The van der Waals surface area contributed by atoms with Crippen LogP contribution in [0, 0.1) is 12.7 Å². The molecule has 0 amide bonds. The predicted octanol–water partition coefficient (Wildman–Crippen LogP) is 2.57. The molecule has 2 atom stereocenters. The van der Waals surface area contributed by atoms with E-state index in [1.54, 1.807) is 19.1 Å². The van der Waals surface area contributed by atoms with Gasteiger partial charge in [0.05, 0.1) is 12.7 Å². The highest BCUT2D eigenvalue weighted by Crippen LogP contribution is 2.22. The average Bonchev–Trinajstić information content (AvgIpc) is 2.33. The summed E-state index contributed by atoms with van der Waals surface area (Å²) in [6.07, 6.45) is 1.05. The first-order valence-corrected chi connectivity index (χ1v) is 5.81. The molecule has 2 nitrogen and oxygen atoms in total. The first-order valence-electron chi connectivity index (χ1n) is 5.81. The second kappa shape index (κ2) is 4.93. The fourth-order valence-electron chi connectivity index (χ4n) is 1.91. The van der Waals surface area contributed by atoms with Crippen LogP contribution in [-0.2, 0) is 4.74 Å². The van der Waals surface area contributed by atoms with Crippen molar-refractivity contribution >= 4 is 0 Å². The van der Waals surface area contributed by atoms with Crippen molar-refractivity contribution in [1.82, 2.24) is 5.32 Å². The SMILES string of the molecule is CCC1COC(c2ccc(C)c(F)c2)CN1. The van der Waals surface area contributed by atoms with Gasteiger partial charge in [-0.15, -0.1) is 0 Å². The summed E-state index contributed by atoms with van der Waals surface area (Å²) < 4.78 is 19.1. The zero-order valence-electron chi connectivity index (χ0n) is 9.79. The van der Waals surface area contributed by atoms with Gasteiger partial charge in [-0.2, -0.15) is 0 Å². The van der Waals surface area contributed by atoms with E-state index >= 15 is 0 Å². The van der Waals surface area contributed by atoms with Gasteiger partial charge in [0.15, 0.2) is 0 Å². The Kier molecular flexibility index (Phi) is 3.56. The van der Waals surface area contributed by atoms with E-state index in [9.17, 15) is 4.39 Å². The summed E-state index contributed by atoms with van der Waals surface area (Å²) in [7, 11) is 0. The summed E-state index contributed by atoms with van der Waals surface area (Å²) in [5.74, 6) is -0.154. The lowest BCUT2D eigenvalue weighted by molar-refractivity contribution is 0.00207. The van der Waals surface area contributed by atoms with Crippen LogP contribution in [0.1, 0.15) is 30.6 Å². The van der Waals surface area contributed by atoms with Gasteiger partial charge in [0.1, 0.15) is 5.82 Å². The maximum atomic E-state index is 13.4. The van der Waals surface area contributed by atoms with Crippen molar-refractivity contribution in [3.8, 4) is 0 Å². The van der Waals surface area contributed by atoms with Crippen LogP contribution in [-0.4, -0.2) is 19.2 Å². The molecule has 0 saturated carbocycles. The summed E-state index contributed by atoms with van der Waals surface area (Å²) in [6.45, 7) is 5.37. The summed E-state index contributed by atoms with van der Waals surface area (Å²) >= 11 is 0. The number of morpholine rings is 1. The molecule has 0 bridgehead atoms. The maximum Gasteiger partial charge on any atom is 0.126 e. The van der Waals surface area contributed by atoms with Crippen molar-refractivity contribution in [1.29, 1.82) is 0 Å². The Hall–Kier alpha value is -0.930. The van der Waals surface area contributed by atoms with E-state index in [4.69, 9.17) is 4.74 Å². The molecule has 1 aromatic rings. The van der Waals surface area contributed by atoms with Crippen molar-refractivity contribution in [2.24, 2.45) is 0 Å². The normalized spacial score (nSPS) is 25.7. The zero-order chi connectivity index (χ0) is 11.5. The molecular weight excluding hydrogens is 205 g/mol. The second-order valence-corrected chi connectivity index (χ2v) is 4.34. The molecule has 3 heteroatoms. The van der Waals surface area contributed by atoms with E-state index in [0.29, 0.717) is 18.2 Å². The number of rotatable bonds is 2. The topological polar surface area (TPSA) is 21.3 Å². The van der Waals surface area contributed by atoms with Crippen LogP contribution in [0.2, 0.25) is 0 Å². The molecule has 88 valence electrons. The lowest BCUT2D eigenvalue weighted by atomic mass is 10.0. The van der Waals surface area contributed by atoms with Crippen LogP contribution in [0.4, 0.5) is 4.39 Å². The summed E-state index contributed by atoms with van der Waals surface area (Å²) in [6, 6.07) is 5.76. The molecule has 0 aromatic heterocycles. The Morgan fingerprint density at radius 3 is 2.88 bits per heavy atom. The summed E-state index contributed by atoms with van der Waals surface area (Å²) in [5.41, 5.74) is 1.60. The third-order valence-corrected chi connectivity index (χ3v) is 3.15. The van der Waals surface area contributed by atoms with Gasteiger partial charge < -0.3 is 10.1 Å². The quantitative estimate of drug-likeness (QED) is 0.832. The molecular formula is C13H18FNO. The van der Waals surface area contributed by atoms with Gasteiger partial charge in [0.2, 0.25) is 0 Å². The largest absolute Gasteiger partial charge is 0.371 e. The molecule has 1 N–H and O–H groups in total. The predicted molar refractivity (Wildman–Crippen MR) is 61.9 cm³/mol. The minimum Gasteiger partial charge on any atom is -0.371 e. The van der Waals surface area contributed by atoms with E-state index < -0.39 is 0 Å². The van der Waals surface area contributed by atoms with E-state index in [1.165, 1.54) is 0 Å². The Bertz CT molecular complexity index is 359. The number of hydrogen-bond donors (Lipinski definition) is 1. The van der Waals surface area contributed by atoms with Crippen LogP contribution in [0.15, 0.2) is 18.2 Å². The second-order valence-electron chi connectivity index (χ2n) is 4.34. The van der Waals surface area contributed by atoms with Gasteiger partial charge in [0, 0.05) is 12.6 Å². The molecule has 1 aliphatic heterocycles. The molecule has 16 heavy (non-hydrogen) atoms. The van der Waals surface area contributed by atoms with E-state index in [0.717, 1.165) is 18.5 Å². The lowest BCUT2D eigenvalue weighted by Gasteiger charge is -2.30. The number of halogens is 1. The Morgan fingerprint density at radius 2 is 2.31 bits per heavy atom. The fraction of sp³-hybridized carbons (Fsp3) is 0.538. The van der Waals surface area contributed by atoms with Gasteiger partial charge in [0.25, 0.3) is 0 Å². The number of nitrogens with one attached hydrogen (secondary N) is 1. The molecule has 1 heterocycles. The van der Waals surface area contributed by atoms with Gasteiger partial charge >= 0.3 is 0 Å². The van der Waals surface area contributed by atoms with Gasteiger partial charge in [-0.1, -0.05) is 19.1 Å². The van der Waals surface area contributed by atoms with Crippen molar-refractivity contribution in [2.75, 3.05) is 13.2 Å². The zero-order valence-corrected chi connectivity index (χ0v) is 9.79. The minimum absolute atomic E-state index is 0.0158. The highest BCUT2D eigenvalue weighted by atomic mass is 19.1. The van der Waals surface area contributed by atoms with Crippen molar-refractivity contribution in [3.63, 3.8) is 0 Å². The van der Waals surface area contributed by atoms with E-state index in [1.807, 2.05) is 6.07 Å². The van der Waals surface area contributed by atoms with Crippen LogP contribution in [0.25, 0.3) is 0 Å². The number of hydrogen-bond acceptors (Lipinski definition) is 2. The number of ether oxygens (including phenoxy) is 1. The standard InChI is InChI=1S/C13H18FNO/c1-3-11-8-16-13(7-15-11)10-5-4-9(2)12(14)6-10/h4-6,11,13,15H,3,7-8H2,1-2H3. The van der Waals surface area contributed by atoms with Crippen LogP contribution >= 0.6 is 0 Å². The Labute approximate surface area is 95.8 Å². The monoisotopic (exact) mass is 223 g/mol. The Morgan fingerprint density at radius 1 is 1.50 bits per heavy atom. The molecule has 2 unspecified atom stereocenters. The lowest BCUT2D eigenvalue weighted by Crippen LogP contribution is -2.42. The van der Waals surface area contributed by atoms with Crippen LogP contribution < -0.4 is 5.32 Å². The smallest absolute Gasteiger partial charge is 0.126 e. The van der Waals surface area contributed by atoms with Gasteiger partial charge in [-0.3, -0.25) is 0 Å². The van der Waals surface area contributed by atoms with Crippen LogP contribution in [0.5, 0.6) is 0 Å². The molecule has 2 rings (SSSR count). The van der Waals surface area contributed by atoms with E-state index in [2.05, 4.69) is 12.2 Å². The molecule has 0 radical (unpaired) electrons. The minimum atomic E-state index is -0.154. The molecule has 1 aliphatic rings.